The quantitative estimate of drug-likeness (QED) is 0.604. The molecule has 0 saturated heterocycles. The second-order valence-corrected chi connectivity index (χ2v) is 4.20. The maximum atomic E-state index is 11.0. The Morgan fingerprint density at radius 2 is 2.10 bits per heavy atom. The SMILES string of the molecule is CCN(CCOC)c1ccc(/C=C(\C#N)C(N)=O)cc1. The zero-order chi connectivity index (χ0) is 15.0. The summed E-state index contributed by atoms with van der Waals surface area (Å²) >= 11 is 0. The van der Waals surface area contributed by atoms with Gasteiger partial charge >= 0.3 is 0 Å². The van der Waals surface area contributed by atoms with Gasteiger partial charge in [0.1, 0.15) is 11.6 Å². The van der Waals surface area contributed by atoms with Crippen molar-refractivity contribution in [1.29, 1.82) is 5.26 Å². The number of nitrogens with zero attached hydrogens (tertiary/aromatic N) is 2. The lowest BCUT2D eigenvalue weighted by molar-refractivity contribution is -0.114. The summed E-state index contributed by atoms with van der Waals surface area (Å²) in [4.78, 5) is 13.2. The number of rotatable bonds is 7. The Balaban J connectivity index is 2.88. The Hall–Kier alpha value is -2.32. The van der Waals surface area contributed by atoms with Crippen LogP contribution in [0.15, 0.2) is 29.8 Å². The third kappa shape index (κ3) is 4.41. The number of likely N-dealkylation sites (N-methyl/N-ethyl adjacent to an activating group) is 1. The van der Waals surface area contributed by atoms with E-state index >= 15 is 0 Å². The number of hydrogen-bond acceptors (Lipinski definition) is 4. The first kappa shape index (κ1) is 15.7. The Morgan fingerprint density at radius 3 is 2.55 bits per heavy atom. The van der Waals surface area contributed by atoms with E-state index in [4.69, 9.17) is 15.7 Å². The minimum absolute atomic E-state index is 0.0514. The first-order valence-corrected chi connectivity index (χ1v) is 6.38. The molecule has 0 spiro atoms. The highest BCUT2D eigenvalue weighted by Gasteiger charge is 2.05. The summed E-state index contributed by atoms with van der Waals surface area (Å²) in [5, 5.41) is 8.79. The molecule has 20 heavy (non-hydrogen) atoms. The minimum atomic E-state index is -0.716. The molecule has 0 atom stereocenters. The van der Waals surface area contributed by atoms with Crippen LogP contribution < -0.4 is 10.6 Å². The molecule has 0 fully saturated rings. The van der Waals surface area contributed by atoms with Crippen molar-refractivity contribution in [1.82, 2.24) is 0 Å². The van der Waals surface area contributed by atoms with Crippen LogP contribution in [0.5, 0.6) is 0 Å². The van der Waals surface area contributed by atoms with Crippen LogP contribution in [0.25, 0.3) is 6.08 Å². The number of nitrogens with two attached hydrogens (primary N) is 1. The van der Waals surface area contributed by atoms with E-state index in [1.165, 1.54) is 6.08 Å². The highest BCUT2D eigenvalue weighted by Crippen LogP contribution is 2.16. The van der Waals surface area contributed by atoms with Crippen molar-refractivity contribution in [3.63, 3.8) is 0 Å². The molecule has 2 N–H and O–H groups in total. The summed E-state index contributed by atoms with van der Waals surface area (Å²) < 4.78 is 5.07. The average molecular weight is 273 g/mol. The fourth-order valence-electron chi connectivity index (χ4n) is 1.78. The van der Waals surface area contributed by atoms with E-state index in [1.54, 1.807) is 13.2 Å². The number of anilines is 1. The molecular weight excluding hydrogens is 254 g/mol. The van der Waals surface area contributed by atoms with E-state index in [0.29, 0.717) is 6.61 Å². The van der Waals surface area contributed by atoms with Gasteiger partial charge in [0.15, 0.2) is 0 Å². The van der Waals surface area contributed by atoms with Crippen LogP contribution in [0, 0.1) is 11.3 Å². The smallest absolute Gasteiger partial charge is 0.259 e. The fourth-order valence-corrected chi connectivity index (χ4v) is 1.78. The Morgan fingerprint density at radius 1 is 1.45 bits per heavy atom. The molecule has 5 heteroatoms. The van der Waals surface area contributed by atoms with Gasteiger partial charge in [0.05, 0.1) is 6.61 Å². The monoisotopic (exact) mass is 273 g/mol. The van der Waals surface area contributed by atoms with Crippen LogP contribution in [-0.4, -0.2) is 32.7 Å². The lowest BCUT2D eigenvalue weighted by Gasteiger charge is -2.22. The molecule has 0 aliphatic heterocycles. The van der Waals surface area contributed by atoms with E-state index in [1.807, 2.05) is 24.3 Å². The maximum Gasteiger partial charge on any atom is 0.259 e. The zero-order valence-electron chi connectivity index (χ0n) is 11.8. The number of benzene rings is 1. The number of methoxy groups -OCH3 is 1. The maximum absolute atomic E-state index is 11.0. The molecule has 0 radical (unpaired) electrons. The van der Waals surface area contributed by atoms with E-state index in [-0.39, 0.29) is 5.57 Å². The normalized spacial score (nSPS) is 10.9. The highest BCUT2D eigenvalue weighted by atomic mass is 16.5. The zero-order valence-corrected chi connectivity index (χ0v) is 11.8. The third-order valence-electron chi connectivity index (χ3n) is 2.90. The van der Waals surface area contributed by atoms with Gasteiger partial charge in [0, 0.05) is 25.9 Å². The van der Waals surface area contributed by atoms with Gasteiger partial charge in [-0.1, -0.05) is 12.1 Å². The van der Waals surface area contributed by atoms with E-state index in [9.17, 15) is 4.79 Å². The van der Waals surface area contributed by atoms with Crippen LogP contribution >= 0.6 is 0 Å². The van der Waals surface area contributed by atoms with Crippen molar-refractivity contribution in [3.8, 4) is 6.07 Å². The lowest BCUT2D eigenvalue weighted by atomic mass is 10.1. The number of carbonyl (C=O) groups is 1. The Kier molecular flexibility index (Phi) is 6.27. The Bertz CT molecular complexity index is 515. The topological polar surface area (TPSA) is 79.3 Å². The molecule has 1 rings (SSSR count). The van der Waals surface area contributed by atoms with Crippen molar-refractivity contribution in [2.45, 2.75) is 6.92 Å². The molecule has 0 heterocycles. The van der Waals surface area contributed by atoms with Gasteiger partial charge < -0.3 is 15.4 Å². The van der Waals surface area contributed by atoms with Gasteiger partial charge in [0.2, 0.25) is 0 Å². The van der Waals surface area contributed by atoms with Crippen molar-refractivity contribution in [2.24, 2.45) is 5.73 Å². The summed E-state index contributed by atoms with van der Waals surface area (Å²) in [5.41, 5.74) is 6.89. The number of amides is 1. The largest absolute Gasteiger partial charge is 0.383 e. The van der Waals surface area contributed by atoms with Crippen molar-refractivity contribution < 1.29 is 9.53 Å². The van der Waals surface area contributed by atoms with Gasteiger partial charge in [-0.2, -0.15) is 5.26 Å². The molecular formula is C15H19N3O2. The molecule has 0 aliphatic carbocycles. The molecule has 1 aromatic rings. The van der Waals surface area contributed by atoms with E-state index in [2.05, 4.69) is 11.8 Å². The molecule has 0 aliphatic rings. The summed E-state index contributed by atoms with van der Waals surface area (Å²) in [5.74, 6) is -0.716. The average Bonchev–Trinajstić information content (AvgIpc) is 2.46. The van der Waals surface area contributed by atoms with E-state index < -0.39 is 5.91 Å². The van der Waals surface area contributed by atoms with Crippen LogP contribution in [-0.2, 0) is 9.53 Å². The van der Waals surface area contributed by atoms with Crippen LogP contribution in [0.3, 0.4) is 0 Å². The number of hydrogen-bond donors (Lipinski definition) is 1. The summed E-state index contributed by atoms with van der Waals surface area (Å²) in [6, 6.07) is 9.38. The molecule has 1 aromatic carbocycles. The van der Waals surface area contributed by atoms with Gasteiger partial charge in [-0.15, -0.1) is 0 Å². The van der Waals surface area contributed by atoms with Gasteiger partial charge in [-0.05, 0) is 30.7 Å². The molecule has 0 bridgehead atoms. The van der Waals surface area contributed by atoms with Gasteiger partial charge in [-0.3, -0.25) is 4.79 Å². The fraction of sp³-hybridized carbons (Fsp3) is 0.333. The molecule has 0 unspecified atom stereocenters. The predicted molar refractivity (Wildman–Crippen MR) is 79.0 cm³/mol. The molecule has 0 saturated carbocycles. The van der Waals surface area contributed by atoms with Crippen molar-refractivity contribution in [2.75, 3.05) is 31.7 Å². The van der Waals surface area contributed by atoms with Crippen molar-refractivity contribution >= 4 is 17.7 Å². The predicted octanol–water partition coefficient (Wildman–Crippen LogP) is 1.55. The van der Waals surface area contributed by atoms with Gasteiger partial charge in [0.25, 0.3) is 5.91 Å². The minimum Gasteiger partial charge on any atom is -0.383 e. The number of primary amides is 1. The van der Waals surface area contributed by atoms with Crippen molar-refractivity contribution in [3.05, 3.63) is 35.4 Å². The first-order valence-electron chi connectivity index (χ1n) is 6.38. The second-order valence-electron chi connectivity index (χ2n) is 4.20. The highest BCUT2D eigenvalue weighted by molar-refractivity contribution is 6.00. The summed E-state index contributed by atoms with van der Waals surface area (Å²) in [6.45, 7) is 4.43. The number of carbonyl (C=O) groups excluding carboxylic acids is 1. The van der Waals surface area contributed by atoms with Crippen LogP contribution in [0.2, 0.25) is 0 Å². The molecule has 0 aromatic heterocycles. The molecule has 1 amide bonds. The first-order chi connectivity index (χ1) is 9.62. The molecule has 106 valence electrons. The summed E-state index contributed by atoms with van der Waals surface area (Å²) in [7, 11) is 1.68. The summed E-state index contributed by atoms with van der Waals surface area (Å²) in [6.07, 6.45) is 1.48. The molecule has 5 nitrogen and oxygen atoms in total. The number of ether oxygens (including phenoxy) is 1. The van der Waals surface area contributed by atoms with E-state index in [0.717, 1.165) is 24.3 Å². The lowest BCUT2D eigenvalue weighted by Crippen LogP contribution is -2.26. The number of nitriles is 1. The second kappa shape index (κ2) is 7.97. The third-order valence-corrected chi connectivity index (χ3v) is 2.90. The van der Waals surface area contributed by atoms with Gasteiger partial charge in [-0.25, -0.2) is 0 Å². The van der Waals surface area contributed by atoms with Crippen LogP contribution in [0.1, 0.15) is 12.5 Å². The standard InChI is InChI=1S/C15H19N3O2/c1-3-18(8-9-20-2)14-6-4-12(5-7-14)10-13(11-16)15(17)19/h4-7,10H,3,8-9H2,1-2H3,(H2,17,19)/b13-10+. The van der Waals surface area contributed by atoms with Crippen LogP contribution in [0.4, 0.5) is 5.69 Å². The Labute approximate surface area is 119 Å².